The Balaban J connectivity index is 3.10. The van der Waals surface area contributed by atoms with Gasteiger partial charge in [0, 0.05) is 18.4 Å². The van der Waals surface area contributed by atoms with Crippen LogP contribution in [0.3, 0.4) is 0 Å². The van der Waals surface area contributed by atoms with Crippen molar-refractivity contribution in [3.05, 3.63) is 29.8 Å². The van der Waals surface area contributed by atoms with E-state index in [0.29, 0.717) is 11.3 Å². The van der Waals surface area contributed by atoms with Crippen LogP contribution in [-0.2, 0) is 9.59 Å². The van der Waals surface area contributed by atoms with Gasteiger partial charge in [-0.15, -0.1) is 0 Å². The Bertz CT molecular complexity index is 446. The van der Waals surface area contributed by atoms with E-state index in [9.17, 15) is 14.4 Å². The maximum absolute atomic E-state index is 11.8. The van der Waals surface area contributed by atoms with Crippen LogP contribution in [0.4, 0.5) is 5.69 Å². The summed E-state index contributed by atoms with van der Waals surface area (Å²) >= 11 is 0. The summed E-state index contributed by atoms with van der Waals surface area (Å²) < 4.78 is 0. The van der Waals surface area contributed by atoms with E-state index >= 15 is 0 Å². The van der Waals surface area contributed by atoms with E-state index in [1.807, 2.05) is 0 Å². The predicted octanol–water partition coefficient (Wildman–Crippen LogP) is 2.57. The largest absolute Gasteiger partial charge is 0.295 e. The summed E-state index contributed by atoms with van der Waals surface area (Å²) in [5, 5.41) is 0. The number of nitrogens with zero attached hydrogens (tertiary/aromatic N) is 1. The van der Waals surface area contributed by atoms with Gasteiger partial charge >= 0.3 is 0 Å². The highest BCUT2D eigenvalue weighted by atomic mass is 16.2. The van der Waals surface area contributed by atoms with Crippen LogP contribution >= 0.6 is 0 Å². The molecule has 1 aromatic carbocycles. The van der Waals surface area contributed by atoms with Gasteiger partial charge in [-0.1, -0.05) is 13.8 Å². The summed E-state index contributed by atoms with van der Waals surface area (Å²) in [6.07, 6.45) is 0.528. The second-order valence-corrected chi connectivity index (χ2v) is 3.93. The summed E-state index contributed by atoms with van der Waals surface area (Å²) in [4.78, 5) is 35.9. The molecule has 18 heavy (non-hydrogen) atoms. The molecule has 0 bridgehead atoms. The molecule has 0 aliphatic carbocycles. The Hall–Kier alpha value is -1.97. The average Bonchev–Trinajstić information content (AvgIpc) is 2.39. The molecule has 0 heterocycles. The second-order valence-electron chi connectivity index (χ2n) is 3.93. The third-order valence-corrected chi connectivity index (χ3v) is 2.64. The average molecular weight is 247 g/mol. The van der Waals surface area contributed by atoms with Crippen LogP contribution in [-0.4, -0.2) is 17.6 Å². The molecule has 4 nitrogen and oxygen atoms in total. The van der Waals surface area contributed by atoms with Crippen molar-refractivity contribution >= 4 is 23.3 Å². The fraction of sp³-hybridized carbons (Fsp3) is 0.357. The minimum absolute atomic E-state index is 0.0447. The second kappa shape index (κ2) is 6.10. The summed E-state index contributed by atoms with van der Waals surface area (Å²) in [7, 11) is 0. The van der Waals surface area contributed by atoms with E-state index < -0.39 is 0 Å². The van der Waals surface area contributed by atoms with Crippen molar-refractivity contribution < 1.29 is 14.4 Å². The van der Waals surface area contributed by atoms with E-state index in [1.54, 1.807) is 38.1 Å². The number of amides is 2. The summed E-state index contributed by atoms with van der Waals surface area (Å²) in [6, 6.07) is 6.49. The number of imide groups is 1. The maximum Gasteiger partial charge on any atom is 0.233 e. The first-order chi connectivity index (χ1) is 8.51. The Labute approximate surface area is 107 Å². The molecule has 4 heteroatoms. The van der Waals surface area contributed by atoms with Gasteiger partial charge in [-0.2, -0.15) is 0 Å². The van der Waals surface area contributed by atoms with Crippen LogP contribution in [0.2, 0.25) is 0 Å². The zero-order valence-electron chi connectivity index (χ0n) is 10.9. The Morgan fingerprint density at radius 3 is 1.72 bits per heavy atom. The Kier molecular flexibility index (Phi) is 4.77. The summed E-state index contributed by atoms with van der Waals surface area (Å²) in [5.74, 6) is -0.522. The van der Waals surface area contributed by atoms with Crippen LogP contribution in [0.5, 0.6) is 0 Å². The van der Waals surface area contributed by atoms with Crippen LogP contribution in [0.15, 0.2) is 24.3 Å². The van der Waals surface area contributed by atoms with Gasteiger partial charge in [0.25, 0.3) is 0 Å². The predicted molar refractivity (Wildman–Crippen MR) is 69.5 cm³/mol. The number of carbonyl (C=O) groups excluding carboxylic acids is 3. The molecule has 0 N–H and O–H groups in total. The number of benzene rings is 1. The third kappa shape index (κ3) is 3.03. The maximum atomic E-state index is 11.8. The van der Waals surface area contributed by atoms with Gasteiger partial charge in [-0.25, -0.2) is 0 Å². The highest BCUT2D eigenvalue weighted by molar-refractivity contribution is 6.14. The molecule has 0 saturated heterocycles. The molecule has 0 atom stereocenters. The number of carbonyl (C=O) groups is 3. The molecular formula is C14H17NO3. The molecule has 0 aliphatic rings. The number of hydrogen-bond acceptors (Lipinski definition) is 3. The normalized spacial score (nSPS) is 9.94. The van der Waals surface area contributed by atoms with E-state index in [0.717, 1.165) is 0 Å². The van der Waals surface area contributed by atoms with Crippen molar-refractivity contribution in [2.45, 2.75) is 33.6 Å². The number of ketones is 1. The molecule has 0 aromatic heterocycles. The van der Waals surface area contributed by atoms with Gasteiger partial charge < -0.3 is 0 Å². The highest BCUT2D eigenvalue weighted by Crippen LogP contribution is 2.18. The lowest BCUT2D eigenvalue weighted by molar-refractivity contribution is -0.126. The molecule has 0 radical (unpaired) electrons. The standard InChI is InChI=1S/C14H17NO3/c1-4-13(17)15(14(18)5-2)12-8-6-11(7-9-12)10(3)16/h6-9H,4-5H2,1-3H3. The van der Waals surface area contributed by atoms with Gasteiger partial charge in [0.1, 0.15) is 0 Å². The number of rotatable bonds is 4. The van der Waals surface area contributed by atoms with Crippen LogP contribution in [0.25, 0.3) is 0 Å². The first-order valence-electron chi connectivity index (χ1n) is 5.98. The van der Waals surface area contributed by atoms with Crippen molar-refractivity contribution in [2.75, 3.05) is 4.90 Å². The zero-order valence-corrected chi connectivity index (χ0v) is 10.9. The molecule has 0 fully saturated rings. The molecule has 0 aliphatic heterocycles. The molecule has 1 rings (SSSR count). The molecule has 96 valence electrons. The SMILES string of the molecule is CCC(=O)N(C(=O)CC)c1ccc(C(C)=O)cc1. The zero-order chi connectivity index (χ0) is 13.7. The molecule has 2 amide bonds. The lowest BCUT2D eigenvalue weighted by Gasteiger charge is -2.19. The highest BCUT2D eigenvalue weighted by Gasteiger charge is 2.20. The fourth-order valence-electron chi connectivity index (χ4n) is 1.59. The molecule has 0 unspecified atom stereocenters. The Morgan fingerprint density at radius 2 is 1.39 bits per heavy atom. The monoisotopic (exact) mass is 247 g/mol. The minimum atomic E-state index is -0.238. The van der Waals surface area contributed by atoms with Crippen molar-refractivity contribution in [2.24, 2.45) is 0 Å². The van der Waals surface area contributed by atoms with E-state index in [2.05, 4.69) is 0 Å². The summed E-state index contributed by atoms with van der Waals surface area (Å²) in [6.45, 7) is 4.89. The number of anilines is 1. The first-order valence-corrected chi connectivity index (χ1v) is 5.98. The minimum Gasteiger partial charge on any atom is -0.295 e. The topological polar surface area (TPSA) is 54.5 Å². The lowest BCUT2D eigenvalue weighted by Crippen LogP contribution is -2.35. The van der Waals surface area contributed by atoms with E-state index in [4.69, 9.17) is 0 Å². The van der Waals surface area contributed by atoms with Crippen molar-refractivity contribution in [1.29, 1.82) is 0 Å². The van der Waals surface area contributed by atoms with Gasteiger partial charge in [0.05, 0.1) is 5.69 Å². The van der Waals surface area contributed by atoms with Gasteiger partial charge in [-0.3, -0.25) is 19.3 Å². The first kappa shape index (κ1) is 14.1. The van der Waals surface area contributed by atoms with Crippen molar-refractivity contribution in [1.82, 2.24) is 0 Å². The van der Waals surface area contributed by atoms with Gasteiger partial charge in [0.2, 0.25) is 11.8 Å². The van der Waals surface area contributed by atoms with Crippen LogP contribution in [0.1, 0.15) is 44.0 Å². The van der Waals surface area contributed by atoms with Gasteiger partial charge in [0.15, 0.2) is 5.78 Å². The number of Topliss-reactive ketones (excluding diaryl/α,β-unsaturated/α-hetero) is 1. The lowest BCUT2D eigenvalue weighted by atomic mass is 10.1. The smallest absolute Gasteiger partial charge is 0.233 e. The molecule has 1 aromatic rings. The van der Waals surface area contributed by atoms with E-state index in [1.165, 1.54) is 11.8 Å². The van der Waals surface area contributed by atoms with E-state index in [-0.39, 0.29) is 30.4 Å². The van der Waals surface area contributed by atoms with Gasteiger partial charge in [-0.05, 0) is 31.2 Å². The summed E-state index contributed by atoms with van der Waals surface area (Å²) in [5.41, 5.74) is 1.07. The Morgan fingerprint density at radius 1 is 0.944 bits per heavy atom. The van der Waals surface area contributed by atoms with Crippen LogP contribution in [0, 0.1) is 0 Å². The van der Waals surface area contributed by atoms with Crippen molar-refractivity contribution in [3.63, 3.8) is 0 Å². The number of hydrogen-bond donors (Lipinski definition) is 0. The fourth-order valence-corrected chi connectivity index (χ4v) is 1.59. The quantitative estimate of drug-likeness (QED) is 0.768. The third-order valence-electron chi connectivity index (χ3n) is 2.64. The molecular weight excluding hydrogens is 230 g/mol. The molecule has 0 spiro atoms. The van der Waals surface area contributed by atoms with Crippen molar-refractivity contribution in [3.8, 4) is 0 Å². The molecule has 0 saturated carbocycles. The van der Waals surface area contributed by atoms with Crippen LogP contribution < -0.4 is 4.90 Å².